The van der Waals surface area contributed by atoms with E-state index in [9.17, 15) is 4.79 Å². The molecule has 1 aromatic heterocycles. The van der Waals surface area contributed by atoms with Gasteiger partial charge in [0.05, 0.1) is 17.0 Å². The van der Waals surface area contributed by atoms with Crippen LogP contribution in [0.25, 0.3) is 0 Å². The molecule has 1 saturated heterocycles. The maximum absolute atomic E-state index is 12.7. The van der Waals surface area contributed by atoms with Gasteiger partial charge in [-0.3, -0.25) is 4.79 Å². The van der Waals surface area contributed by atoms with Gasteiger partial charge in [0.1, 0.15) is 0 Å². The number of aryl methyl sites for hydroxylation is 2. The summed E-state index contributed by atoms with van der Waals surface area (Å²) in [5.74, 6) is 0.470. The topological polar surface area (TPSA) is 72.1 Å². The Bertz CT molecular complexity index is 475. The van der Waals surface area contributed by atoms with Gasteiger partial charge in [0.25, 0.3) is 5.91 Å². The van der Waals surface area contributed by atoms with E-state index in [1.54, 1.807) is 0 Å². The van der Waals surface area contributed by atoms with Crippen LogP contribution >= 0.6 is 0 Å². The quantitative estimate of drug-likeness (QED) is 0.871. The van der Waals surface area contributed by atoms with Crippen molar-refractivity contribution in [1.82, 2.24) is 15.1 Å². The molecule has 104 valence electrons. The highest BCUT2D eigenvalue weighted by Crippen LogP contribution is 2.23. The van der Waals surface area contributed by atoms with Crippen molar-refractivity contribution in [2.45, 2.75) is 39.7 Å². The molecular weight excluding hydrogens is 240 g/mol. The summed E-state index contributed by atoms with van der Waals surface area (Å²) in [5.41, 5.74) is 7.87. The first-order chi connectivity index (χ1) is 9.02. The van der Waals surface area contributed by atoms with Gasteiger partial charge in [-0.1, -0.05) is 0 Å². The summed E-state index contributed by atoms with van der Waals surface area (Å²) < 4.78 is 0. The summed E-state index contributed by atoms with van der Waals surface area (Å²) in [6.45, 7) is 7.17. The third-order valence-electron chi connectivity index (χ3n) is 3.90. The zero-order valence-electron chi connectivity index (χ0n) is 11.9. The molecule has 0 bridgehead atoms. The lowest BCUT2D eigenvalue weighted by molar-refractivity contribution is 0.0565. The van der Waals surface area contributed by atoms with Gasteiger partial charge in [-0.15, -0.1) is 0 Å². The van der Waals surface area contributed by atoms with E-state index in [1.165, 1.54) is 0 Å². The van der Waals surface area contributed by atoms with Crippen molar-refractivity contribution in [3.05, 3.63) is 23.0 Å². The maximum atomic E-state index is 12.7. The van der Waals surface area contributed by atoms with Gasteiger partial charge in [-0.05, 0) is 52.1 Å². The molecule has 0 aromatic carbocycles. The number of hydrogen-bond acceptors (Lipinski definition) is 4. The van der Waals surface area contributed by atoms with Gasteiger partial charge in [0, 0.05) is 12.6 Å². The minimum absolute atomic E-state index is 0.0566. The van der Waals surface area contributed by atoms with E-state index in [-0.39, 0.29) is 11.9 Å². The molecule has 2 heterocycles. The molecule has 1 aliphatic rings. The second kappa shape index (κ2) is 5.65. The number of carbonyl (C=O) groups excluding carboxylic acids is 1. The minimum atomic E-state index is 0.0566. The molecule has 0 radical (unpaired) electrons. The molecule has 0 saturated carbocycles. The molecular formula is C14H22N4O. The number of rotatable bonds is 2. The highest BCUT2D eigenvalue weighted by molar-refractivity contribution is 5.95. The van der Waals surface area contributed by atoms with Crippen LogP contribution in [-0.4, -0.2) is 40.1 Å². The van der Waals surface area contributed by atoms with Crippen LogP contribution in [0.5, 0.6) is 0 Å². The first-order valence-corrected chi connectivity index (χ1v) is 6.85. The van der Waals surface area contributed by atoms with E-state index in [0.717, 1.165) is 25.1 Å². The largest absolute Gasteiger partial charge is 0.336 e. The number of amides is 1. The van der Waals surface area contributed by atoms with Crippen LogP contribution in [0.15, 0.2) is 6.07 Å². The van der Waals surface area contributed by atoms with Crippen LogP contribution in [0.1, 0.15) is 41.5 Å². The van der Waals surface area contributed by atoms with Crippen LogP contribution < -0.4 is 5.73 Å². The monoisotopic (exact) mass is 262 g/mol. The molecule has 1 aromatic rings. The van der Waals surface area contributed by atoms with Crippen molar-refractivity contribution in [1.29, 1.82) is 0 Å². The van der Waals surface area contributed by atoms with Crippen molar-refractivity contribution in [3.8, 4) is 0 Å². The molecule has 2 rings (SSSR count). The predicted octanol–water partition coefficient (Wildman–Crippen LogP) is 1.29. The van der Waals surface area contributed by atoms with Crippen LogP contribution in [0.2, 0.25) is 0 Å². The first-order valence-electron chi connectivity index (χ1n) is 6.85. The Morgan fingerprint density at radius 1 is 1.42 bits per heavy atom. The molecule has 19 heavy (non-hydrogen) atoms. The summed E-state index contributed by atoms with van der Waals surface area (Å²) in [6.07, 6.45) is 2.12. The second-order valence-electron chi connectivity index (χ2n) is 5.47. The minimum Gasteiger partial charge on any atom is -0.336 e. The number of likely N-dealkylation sites (tertiary alicyclic amines) is 1. The number of carbonyl (C=O) groups is 1. The molecule has 2 unspecified atom stereocenters. The highest BCUT2D eigenvalue weighted by atomic mass is 16.2. The van der Waals surface area contributed by atoms with Gasteiger partial charge in [0.2, 0.25) is 0 Å². The lowest BCUT2D eigenvalue weighted by Gasteiger charge is -2.37. The third kappa shape index (κ3) is 2.92. The van der Waals surface area contributed by atoms with E-state index in [2.05, 4.69) is 17.1 Å². The molecule has 0 spiro atoms. The number of nitrogens with two attached hydrogens (primary N) is 1. The first kappa shape index (κ1) is 13.9. The van der Waals surface area contributed by atoms with Crippen molar-refractivity contribution in [2.75, 3.05) is 13.1 Å². The Kier molecular flexibility index (Phi) is 4.14. The zero-order chi connectivity index (χ0) is 14.0. The molecule has 5 nitrogen and oxygen atoms in total. The highest BCUT2D eigenvalue weighted by Gasteiger charge is 2.29. The van der Waals surface area contributed by atoms with Crippen LogP contribution in [-0.2, 0) is 0 Å². The molecule has 2 N–H and O–H groups in total. The van der Waals surface area contributed by atoms with E-state index in [4.69, 9.17) is 5.73 Å². The fourth-order valence-electron chi connectivity index (χ4n) is 2.58. The number of hydrogen-bond donors (Lipinski definition) is 1. The van der Waals surface area contributed by atoms with Gasteiger partial charge in [-0.2, -0.15) is 10.2 Å². The van der Waals surface area contributed by atoms with Crippen molar-refractivity contribution in [2.24, 2.45) is 11.7 Å². The second-order valence-corrected chi connectivity index (χ2v) is 5.47. The Morgan fingerprint density at radius 2 is 2.16 bits per heavy atom. The Labute approximate surface area is 114 Å². The molecule has 0 aliphatic carbocycles. The van der Waals surface area contributed by atoms with Crippen molar-refractivity contribution < 1.29 is 4.79 Å². The van der Waals surface area contributed by atoms with Crippen LogP contribution in [0.3, 0.4) is 0 Å². The van der Waals surface area contributed by atoms with E-state index >= 15 is 0 Å². The summed E-state index contributed by atoms with van der Waals surface area (Å²) >= 11 is 0. The van der Waals surface area contributed by atoms with E-state index in [0.29, 0.717) is 23.7 Å². The molecule has 1 aliphatic heterocycles. The summed E-state index contributed by atoms with van der Waals surface area (Å²) in [7, 11) is 0. The summed E-state index contributed by atoms with van der Waals surface area (Å²) in [6, 6.07) is 2.09. The fraction of sp³-hybridized carbons (Fsp3) is 0.643. The Hall–Kier alpha value is -1.49. The van der Waals surface area contributed by atoms with E-state index < -0.39 is 0 Å². The Balaban J connectivity index is 2.24. The van der Waals surface area contributed by atoms with Gasteiger partial charge < -0.3 is 10.6 Å². The van der Waals surface area contributed by atoms with Crippen molar-refractivity contribution in [3.63, 3.8) is 0 Å². The average molecular weight is 262 g/mol. The van der Waals surface area contributed by atoms with Gasteiger partial charge in [-0.25, -0.2) is 0 Å². The summed E-state index contributed by atoms with van der Waals surface area (Å²) in [4.78, 5) is 14.6. The third-order valence-corrected chi connectivity index (χ3v) is 3.90. The number of aromatic nitrogens is 2. The SMILES string of the molecule is Cc1cc(C(=O)N2CC(CN)CCC2C)c(C)nn1. The number of nitrogens with zero attached hydrogens (tertiary/aromatic N) is 3. The maximum Gasteiger partial charge on any atom is 0.256 e. The molecule has 5 heteroatoms. The van der Waals surface area contributed by atoms with Crippen LogP contribution in [0.4, 0.5) is 0 Å². The zero-order valence-corrected chi connectivity index (χ0v) is 11.9. The predicted molar refractivity (Wildman–Crippen MR) is 73.8 cm³/mol. The lowest BCUT2D eigenvalue weighted by atomic mass is 9.93. The number of piperidine rings is 1. The normalized spacial score (nSPS) is 23.5. The molecule has 2 atom stereocenters. The van der Waals surface area contributed by atoms with Gasteiger partial charge >= 0.3 is 0 Å². The molecule has 1 amide bonds. The Morgan fingerprint density at radius 3 is 2.84 bits per heavy atom. The van der Waals surface area contributed by atoms with Crippen molar-refractivity contribution >= 4 is 5.91 Å². The lowest BCUT2D eigenvalue weighted by Crippen LogP contribution is -2.47. The summed E-state index contributed by atoms with van der Waals surface area (Å²) in [5, 5.41) is 8.01. The standard InChI is InChI=1S/C14H22N4O/c1-9-6-13(11(3)17-16-9)14(19)18-8-12(7-15)5-4-10(18)2/h6,10,12H,4-5,7-8,15H2,1-3H3. The van der Waals surface area contributed by atoms with Gasteiger partial charge in [0.15, 0.2) is 0 Å². The average Bonchev–Trinajstić information content (AvgIpc) is 2.41. The molecule has 1 fully saturated rings. The van der Waals surface area contributed by atoms with Crippen LogP contribution in [0, 0.1) is 19.8 Å². The smallest absolute Gasteiger partial charge is 0.256 e. The van der Waals surface area contributed by atoms with E-state index in [1.807, 2.05) is 24.8 Å². The fourth-order valence-corrected chi connectivity index (χ4v) is 2.58.